The number of benzene rings is 2. The second-order valence-electron chi connectivity index (χ2n) is 5.02. The van der Waals surface area contributed by atoms with Crippen molar-refractivity contribution in [1.29, 1.82) is 0 Å². The molecule has 1 heterocycles. The zero-order valence-corrected chi connectivity index (χ0v) is 12.0. The smallest absolute Gasteiger partial charge is 0.159 e. The molecule has 4 heteroatoms. The Balaban J connectivity index is 2.01. The van der Waals surface area contributed by atoms with Crippen LogP contribution < -0.4 is 0 Å². The van der Waals surface area contributed by atoms with Crippen molar-refractivity contribution >= 4 is 12.1 Å². The highest BCUT2D eigenvalue weighted by Crippen LogP contribution is 2.27. The van der Waals surface area contributed by atoms with Crippen molar-refractivity contribution in [3.63, 3.8) is 0 Å². The Morgan fingerprint density at radius 1 is 1.05 bits per heavy atom. The van der Waals surface area contributed by atoms with Crippen LogP contribution in [0.3, 0.4) is 0 Å². The van der Waals surface area contributed by atoms with E-state index in [1.54, 1.807) is 13.1 Å². The summed E-state index contributed by atoms with van der Waals surface area (Å²) in [5.74, 6) is 0.0486. The number of Topliss-reactive ketones (excluding diaryl/α,β-unsaturated/α-hetero) is 1. The molecule has 0 amide bonds. The number of H-pyrrole nitrogens is 1. The molecule has 1 aromatic heterocycles. The molecule has 1 N–H and O–H groups in total. The average Bonchev–Trinajstić information content (AvgIpc) is 3.04. The number of rotatable bonds is 4. The molecule has 3 aromatic rings. The molecule has 0 aliphatic rings. The minimum Gasteiger partial charge on any atom is -0.298 e. The fourth-order valence-electron chi connectivity index (χ4n) is 2.36. The summed E-state index contributed by atoms with van der Waals surface area (Å²) in [5.41, 5.74) is 4.75. The maximum atomic E-state index is 11.3. The van der Waals surface area contributed by atoms with E-state index in [2.05, 4.69) is 10.2 Å². The van der Waals surface area contributed by atoms with Gasteiger partial charge in [0.1, 0.15) is 5.69 Å². The summed E-state index contributed by atoms with van der Waals surface area (Å²) < 4.78 is 0. The number of nitrogens with one attached hydrogen (secondary N) is 1. The van der Waals surface area contributed by atoms with Gasteiger partial charge >= 0.3 is 0 Å². The number of carbonyl (C=O) groups excluding carboxylic acids is 2. The van der Waals surface area contributed by atoms with E-state index in [1.807, 2.05) is 48.5 Å². The number of hydrogen-bond donors (Lipinski definition) is 1. The molecule has 0 aliphatic carbocycles. The first-order valence-corrected chi connectivity index (χ1v) is 6.90. The van der Waals surface area contributed by atoms with Gasteiger partial charge in [-0.05, 0) is 24.1 Å². The number of aldehydes is 1. The Bertz CT molecular complexity index is 832. The third kappa shape index (κ3) is 2.59. The zero-order chi connectivity index (χ0) is 15.5. The fraction of sp³-hybridized carbons (Fsp3) is 0.0556. The SMILES string of the molecule is CC(=O)c1ccc(-c2cccc(-c3n[nH]cc3C=O)c2)cc1. The number of carbonyl (C=O) groups is 2. The quantitative estimate of drug-likeness (QED) is 0.588. The van der Waals surface area contributed by atoms with Gasteiger partial charge in [-0.15, -0.1) is 0 Å². The fourth-order valence-corrected chi connectivity index (χ4v) is 2.36. The third-order valence-corrected chi connectivity index (χ3v) is 3.56. The molecule has 22 heavy (non-hydrogen) atoms. The highest BCUT2D eigenvalue weighted by atomic mass is 16.1. The Hall–Kier alpha value is -3.01. The molecule has 0 radical (unpaired) electrons. The van der Waals surface area contributed by atoms with Gasteiger partial charge < -0.3 is 0 Å². The Morgan fingerprint density at radius 3 is 2.45 bits per heavy atom. The molecule has 2 aromatic carbocycles. The van der Waals surface area contributed by atoms with Crippen LogP contribution in [0.25, 0.3) is 22.4 Å². The maximum Gasteiger partial charge on any atom is 0.159 e. The van der Waals surface area contributed by atoms with Crippen LogP contribution in [0.4, 0.5) is 0 Å². The lowest BCUT2D eigenvalue weighted by molar-refractivity contribution is 0.101. The van der Waals surface area contributed by atoms with E-state index in [9.17, 15) is 9.59 Å². The minimum atomic E-state index is 0.0486. The van der Waals surface area contributed by atoms with E-state index in [1.165, 1.54) is 0 Å². The van der Waals surface area contributed by atoms with Crippen LogP contribution in [0.1, 0.15) is 27.6 Å². The van der Waals surface area contributed by atoms with Crippen molar-refractivity contribution in [2.75, 3.05) is 0 Å². The van der Waals surface area contributed by atoms with Gasteiger partial charge in [-0.25, -0.2) is 0 Å². The van der Waals surface area contributed by atoms with E-state index in [4.69, 9.17) is 0 Å². The van der Waals surface area contributed by atoms with E-state index >= 15 is 0 Å². The van der Waals surface area contributed by atoms with Gasteiger partial charge in [-0.1, -0.05) is 42.5 Å². The number of ketones is 1. The largest absolute Gasteiger partial charge is 0.298 e. The molecular formula is C18H14N2O2. The van der Waals surface area contributed by atoms with E-state index in [-0.39, 0.29) is 5.78 Å². The second-order valence-corrected chi connectivity index (χ2v) is 5.02. The molecule has 0 saturated heterocycles. The molecule has 0 saturated carbocycles. The predicted molar refractivity (Wildman–Crippen MR) is 84.9 cm³/mol. The minimum absolute atomic E-state index is 0.0486. The number of aromatic nitrogens is 2. The zero-order valence-electron chi connectivity index (χ0n) is 12.0. The summed E-state index contributed by atoms with van der Waals surface area (Å²) in [5, 5.41) is 6.84. The summed E-state index contributed by atoms with van der Waals surface area (Å²) in [6, 6.07) is 15.3. The number of nitrogens with zero attached hydrogens (tertiary/aromatic N) is 1. The number of aromatic amines is 1. The van der Waals surface area contributed by atoms with Gasteiger partial charge in [0.25, 0.3) is 0 Å². The van der Waals surface area contributed by atoms with Crippen LogP contribution in [-0.2, 0) is 0 Å². The van der Waals surface area contributed by atoms with Gasteiger partial charge in [-0.3, -0.25) is 14.7 Å². The molecular weight excluding hydrogens is 276 g/mol. The lowest BCUT2D eigenvalue weighted by Crippen LogP contribution is -1.91. The van der Waals surface area contributed by atoms with Gasteiger partial charge in [-0.2, -0.15) is 5.10 Å². The molecule has 0 fully saturated rings. The highest BCUT2D eigenvalue weighted by molar-refractivity contribution is 5.94. The predicted octanol–water partition coefficient (Wildman–Crippen LogP) is 3.76. The van der Waals surface area contributed by atoms with Crippen LogP contribution in [-0.4, -0.2) is 22.3 Å². The van der Waals surface area contributed by atoms with Crippen LogP contribution in [0, 0.1) is 0 Å². The first-order chi connectivity index (χ1) is 10.7. The first kappa shape index (κ1) is 13.9. The van der Waals surface area contributed by atoms with Crippen molar-refractivity contribution in [3.8, 4) is 22.4 Å². The monoisotopic (exact) mass is 290 g/mol. The van der Waals surface area contributed by atoms with Crippen molar-refractivity contribution in [1.82, 2.24) is 10.2 Å². The van der Waals surface area contributed by atoms with Crippen molar-refractivity contribution < 1.29 is 9.59 Å². The highest BCUT2D eigenvalue weighted by Gasteiger charge is 2.09. The second kappa shape index (κ2) is 5.77. The van der Waals surface area contributed by atoms with Gasteiger partial charge in [0.05, 0.1) is 5.56 Å². The molecule has 0 unspecified atom stereocenters. The van der Waals surface area contributed by atoms with Crippen molar-refractivity contribution in [3.05, 3.63) is 65.9 Å². The van der Waals surface area contributed by atoms with Crippen molar-refractivity contribution in [2.24, 2.45) is 0 Å². The first-order valence-electron chi connectivity index (χ1n) is 6.90. The van der Waals surface area contributed by atoms with Crippen LogP contribution in [0.5, 0.6) is 0 Å². The van der Waals surface area contributed by atoms with E-state index in [0.29, 0.717) is 16.8 Å². The third-order valence-electron chi connectivity index (χ3n) is 3.56. The topological polar surface area (TPSA) is 62.8 Å². The summed E-state index contributed by atoms with van der Waals surface area (Å²) in [6.45, 7) is 1.55. The summed E-state index contributed by atoms with van der Waals surface area (Å²) >= 11 is 0. The summed E-state index contributed by atoms with van der Waals surface area (Å²) in [6.07, 6.45) is 2.36. The molecule has 0 atom stereocenters. The lowest BCUT2D eigenvalue weighted by atomic mass is 9.99. The average molecular weight is 290 g/mol. The summed E-state index contributed by atoms with van der Waals surface area (Å²) in [7, 11) is 0. The molecule has 0 aliphatic heterocycles. The molecule has 4 nitrogen and oxygen atoms in total. The van der Waals surface area contributed by atoms with Crippen LogP contribution in [0.15, 0.2) is 54.7 Å². The van der Waals surface area contributed by atoms with Gasteiger partial charge in [0, 0.05) is 17.3 Å². The lowest BCUT2D eigenvalue weighted by Gasteiger charge is -2.05. The Morgan fingerprint density at radius 2 is 1.77 bits per heavy atom. The van der Waals surface area contributed by atoms with E-state index < -0.39 is 0 Å². The summed E-state index contributed by atoms with van der Waals surface area (Å²) in [4.78, 5) is 22.4. The molecule has 0 spiro atoms. The normalized spacial score (nSPS) is 10.4. The maximum absolute atomic E-state index is 11.3. The Labute approximate surface area is 127 Å². The van der Waals surface area contributed by atoms with Crippen LogP contribution >= 0.6 is 0 Å². The van der Waals surface area contributed by atoms with Crippen LogP contribution in [0.2, 0.25) is 0 Å². The van der Waals surface area contributed by atoms with Crippen molar-refractivity contribution in [2.45, 2.75) is 6.92 Å². The standard InChI is InChI=1S/C18H14N2O2/c1-12(22)13-5-7-14(8-6-13)15-3-2-4-16(9-15)18-17(11-21)10-19-20-18/h2-11H,1H3,(H,19,20). The van der Waals surface area contributed by atoms with Gasteiger partial charge in [0.15, 0.2) is 12.1 Å². The van der Waals surface area contributed by atoms with Gasteiger partial charge in [0.2, 0.25) is 0 Å². The molecule has 3 rings (SSSR count). The van der Waals surface area contributed by atoms with E-state index in [0.717, 1.165) is 23.0 Å². The molecule has 0 bridgehead atoms. The number of hydrogen-bond acceptors (Lipinski definition) is 3. The Kier molecular flexibility index (Phi) is 3.66. The molecule has 108 valence electrons.